The first kappa shape index (κ1) is 15.5. The number of fused-ring (bicyclic) bond motifs is 3. The van der Waals surface area contributed by atoms with Gasteiger partial charge in [0.25, 0.3) is 0 Å². The van der Waals surface area contributed by atoms with Gasteiger partial charge in [0.2, 0.25) is 0 Å². The molecule has 0 heterocycles. The second-order valence-electron chi connectivity index (χ2n) is 5.56. The number of benzene rings is 2. The van der Waals surface area contributed by atoms with E-state index in [2.05, 4.69) is 23.5 Å². The van der Waals surface area contributed by atoms with Gasteiger partial charge < -0.3 is 20.3 Å². The molecule has 2 aromatic carbocycles. The maximum Gasteiger partial charge on any atom is 0.407 e. The van der Waals surface area contributed by atoms with E-state index in [9.17, 15) is 4.79 Å². The van der Waals surface area contributed by atoms with Crippen LogP contribution in [0.15, 0.2) is 42.5 Å². The third kappa shape index (κ3) is 3.21. The molecule has 2 aromatic rings. The first-order chi connectivity index (χ1) is 11.2. The van der Waals surface area contributed by atoms with Gasteiger partial charge in [0.1, 0.15) is 6.61 Å². The SMILES string of the molecule is O=C(NC(CO)CO)OCc1cccc2c1Cc1ccccc1-2. The van der Waals surface area contributed by atoms with Gasteiger partial charge in [-0.3, -0.25) is 0 Å². The lowest BCUT2D eigenvalue weighted by atomic mass is 10.0. The average Bonchev–Trinajstić information content (AvgIpc) is 2.97. The van der Waals surface area contributed by atoms with Crippen LogP contribution in [0, 0.1) is 0 Å². The van der Waals surface area contributed by atoms with Crippen LogP contribution in [-0.2, 0) is 17.8 Å². The van der Waals surface area contributed by atoms with Gasteiger partial charge in [0, 0.05) is 0 Å². The van der Waals surface area contributed by atoms with Gasteiger partial charge in [-0.1, -0.05) is 42.5 Å². The molecule has 0 radical (unpaired) electrons. The van der Waals surface area contributed by atoms with Gasteiger partial charge in [-0.15, -0.1) is 0 Å². The Morgan fingerprint density at radius 1 is 1.09 bits per heavy atom. The first-order valence-electron chi connectivity index (χ1n) is 7.57. The molecule has 0 aliphatic heterocycles. The number of alkyl carbamates (subject to hydrolysis) is 1. The zero-order chi connectivity index (χ0) is 16.2. The van der Waals surface area contributed by atoms with Crippen molar-refractivity contribution in [1.29, 1.82) is 0 Å². The van der Waals surface area contributed by atoms with Crippen LogP contribution in [0.2, 0.25) is 0 Å². The highest BCUT2D eigenvalue weighted by Gasteiger charge is 2.21. The molecule has 0 bridgehead atoms. The number of aliphatic hydroxyl groups excluding tert-OH is 2. The first-order valence-corrected chi connectivity index (χ1v) is 7.57. The minimum atomic E-state index is -0.701. The third-order valence-electron chi connectivity index (χ3n) is 4.07. The molecule has 0 saturated heterocycles. The molecule has 5 nitrogen and oxygen atoms in total. The number of amides is 1. The van der Waals surface area contributed by atoms with E-state index < -0.39 is 12.1 Å². The van der Waals surface area contributed by atoms with E-state index in [1.807, 2.05) is 24.3 Å². The highest BCUT2D eigenvalue weighted by molar-refractivity contribution is 5.78. The predicted molar refractivity (Wildman–Crippen MR) is 86.0 cm³/mol. The van der Waals surface area contributed by atoms with E-state index in [0.717, 1.165) is 12.0 Å². The summed E-state index contributed by atoms with van der Waals surface area (Å²) in [4.78, 5) is 11.7. The van der Waals surface area contributed by atoms with Crippen LogP contribution in [0.5, 0.6) is 0 Å². The number of carbonyl (C=O) groups excluding carboxylic acids is 1. The van der Waals surface area contributed by atoms with Crippen molar-refractivity contribution in [2.75, 3.05) is 13.2 Å². The van der Waals surface area contributed by atoms with Gasteiger partial charge in [0.15, 0.2) is 0 Å². The molecule has 0 aromatic heterocycles. The average molecular weight is 313 g/mol. The zero-order valence-corrected chi connectivity index (χ0v) is 12.7. The second-order valence-corrected chi connectivity index (χ2v) is 5.56. The lowest BCUT2D eigenvalue weighted by molar-refractivity contribution is 0.116. The van der Waals surface area contributed by atoms with E-state index in [1.165, 1.54) is 22.3 Å². The van der Waals surface area contributed by atoms with Crippen LogP contribution in [0.1, 0.15) is 16.7 Å². The van der Waals surface area contributed by atoms with E-state index >= 15 is 0 Å². The van der Waals surface area contributed by atoms with Crippen molar-refractivity contribution in [3.05, 3.63) is 59.2 Å². The Labute approximate surface area is 134 Å². The summed E-state index contributed by atoms with van der Waals surface area (Å²) in [5.74, 6) is 0. The maximum atomic E-state index is 11.7. The summed E-state index contributed by atoms with van der Waals surface area (Å²) in [5, 5.41) is 20.3. The lowest BCUT2D eigenvalue weighted by Gasteiger charge is -2.14. The van der Waals surface area contributed by atoms with Crippen molar-refractivity contribution in [2.45, 2.75) is 19.1 Å². The number of ether oxygens (including phenoxy) is 1. The molecule has 1 amide bonds. The monoisotopic (exact) mass is 313 g/mol. The van der Waals surface area contributed by atoms with Crippen LogP contribution >= 0.6 is 0 Å². The summed E-state index contributed by atoms with van der Waals surface area (Å²) in [6.45, 7) is -0.504. The van der Waals surface area contributed by atoms with Crippen LogP contribution in [-0.4, -0.2) is 35.6 Å². The zero-order valence-electron chi connectivity index (χ0n) is 12.7. The number of hydrogen-bond acceptors (Lipinski definition) is 4. The van der Waals surface area contributed by atoms with Crippen molar-refractivity contribution >= 4 is 6.09 Å². The minimum Gasteiger partial charge on any atom is -0.445 e. The van der Waals surface area contributed by atoms with Crippen LogP contribution in [0.3, 0.4) is 0 Å². The summed E-state index contributed by atoms with van der Waals surface area (Å²) >= 11 is 0. The highest BCUT2D eigenvalue weighted by Crippen LogP contribution is 2.38. The molecule has 0 saturated carbocycles. The number of rotatable bonds is 5. The number of hydrogen-bond donors (Lipinski definition) is 3. The largest absolute Gasteiger partial charge is 0.445 e. The Morgan fingerprint density at radius 2 is 1.83 bits per heavy atom. The Bertz CT molecular complexity index is 710. The topological polar surface area (TPSA) is 78.8 Å². The fourth-order valence-corrected chi connectivity index (χ4v) is 2.86. The molecular weight excluding hydrogens is 294 g/mol. The van der Waals surface area contributed by atoms with Crippen molar-refractivity contribution in [3.63, 3.8) is 0 Å². The van der Waals surface area contributed by atoms with E-state index in [-0.39, 0.29) is 19.8 Å². The van der Waals surface area contributed by atoms with E-state index in [0.29, 0.717) is 0 Å². The number of nitrogens with one attached hydrogen (secondary N) is 1. The highest BCUT2D eigenvalue weighted by atomic mass is 16.5. The molecule has 0 spiro atoms. The summed E-state index contributed by atoms with van der Waals surface area (Å²) in [6.07, 6.45) is 0.189. The van der Waals surface area contributed by atoms with Crippen LogP contribution in [0.4, 0.5) is 4.79 Å². The Kier molecular flexibility index (Phi) is 4.60. The number of carbonyl (C=O) groups is 1. The normalized spacial score (nSPS) is 12.0. The van der Waals surface area contributed by atoms with Crippen molar-refractivity contribution < 1.29 is 19.7 Å². The van der Waals surface area contributed by atoms with Gasteiger partial charge in [-0.2, -0.15) is 0 Å². The quantitative estimate of drug-likeness (QED) is 0.671. The van der Waals surface area contributed by atoms with Crippen molar-refractivity contribution in [2.24, 2.45) is 0 Å². The fourth-order valence-electron chi connectivity index (χ4n) is 2.86. The summed E-state index contributed by atoms with van der Waals surface area (Å²) in [5.41, 5.74) is 5.85. The van der Waals surface area contributed by atoms with Gasteiger partial charge >= 0.3 is 6.09 Å². The number of aliphatic hydroxyl groups is 2. The minimum absolute atomic E-state index is 0.159. The molecule has 3 rings (SSSR count). The third-order valence-corrected chi connectivity index (χ3v) is 4.07. The van der Waals surface area contributed by atoms with Crippen LogP contribution in [0.25, 0.3) is 11.1 Å². The Balaban J connectivity index is 1.70. The summed E-state index contributed by atoms with van der Waals surface area (Å²) in [6, 6.07) is 13.6. The predicted octanol–water partition coefficient (Wildman–Crippen LogP) is 1.84. The van der Waals surface area contributed by atoms with Crippen molar-refractivity contribution in [1.82, 2.24) is 5.32 Å². The van der Waals surface area contributed by atoms with Crippen LogP contribution < -0.4 is 5.32 Å². The van der Waals surface area contributed by atoms with E-state index in [4.69, 9.17) is 14.9 Å². The Hall–Kier alpha value is -2.37. The standard InChI is InChI=1S/C18H19NO4/c20-9-14(10-21)19-18(22)23-11-13-5-3-7-16-15-6-2-1-4-12(15)8-17(13)16/h1-7,14,20-21H,8-11H2,(H,19,22). The summed E-state index contributed by atoms with van der Waals surface area (Å²) in [7, 11) is 0. The lowest BCUT2D eigenvalue weighted by Crippen LogP contribution is -2.40. The van der Waals surface area contributed by atoms with Crippen molar-refractivity contribution in [3.8, 4) is 11.1 Å². The molecule has 120 valence electrons. The molecule has 1 aliphatic rings. The smallest absolute Gasteiger partial charge is 0.407 e. The molecule has 5 heteroatoms. The fraction of sp³-hybridized carbons (Fsp3) is 0.278. The van der Waals surface area contributed by atoms with Gasteiger partial charge in [0.05, 0.1) is 19.3 Å². The van der Waals surface area contributed by atoms with E-state index in [1.54, 1.807) is 0 Å². The van der Waals surface area contributed by atoms with Gasteiger partial charge in [-0.05, 0) is 34.2 Å². The molecule has 0 fully saturated rings. The summed E-state index contributed by atoms with van der Waals surface area (Å²) < 4.78 is 5.21. The van der Waals surface area contributed by atoms with Gasteiger partial charge in [-0.25, -0.2) is 4.79 Å². The molecule has 23 heavy (non-hydrogen) atoms. The molecule has 0 unspecified atom stereocenters. The molecule has 3 N–H and O–H groups in total. The Morgan fingerprint density at radius 3 is 2.61 bits per heavy atom. The molecule has 0 atom stereocenters. The molecule has 1 aliphatic carbocycles. The second kappa shape index (κ2) is 6.81. The molecular formula is C18H19NO4. The maximum absolute atomic E-state index is 11.7.